The summed E-state index contributed by atoms with van der Waals surface area (Å²) in [5.74, 6) is 0.715. The van der Waals surface area contributed by atoms with E-state index in [4.69, 9.17) is 5.73 Å². The van der Waals surface area contributed by atoms with E-state index in [1.54, 1.807) is 12.1 Å². The Hall–Kier alpha value is -0.930. The first-order chi connectivity index (χ1) is 9.65. The van der Waals surface area contributed by atoms with Crippen molar-refractivity contribution in [2.24, 2.45) is 11.7 Å². The first-order valence-corrected chi connectivity index (χ1v) is 7.85. The fourth-order valence-corrected chi connectivity index (χ4v) is 3.45. The second-order valence-corrected chi connectivity index (χ2v) is 6.02. The summed E-state index contributed by atoms with van der Waals surface area (Å²) in [5.41, 5.74) is 8.19. The minimum Gasteiger partial charge on any atom is -0.329 e. The number of benzene rings is 1. The van der Waals surface area contributed by atoms with Crippen LogP contribution in [-0.4, -0.2) is 24.5 Å². The Morgan fingerprint density at radius 3 is 2.60 bits per heavy atom. The fraction of sp³-hybridized carbons (Fsp3) is 0.647. The summed E-state index contributed by atoms with van der Waals surface area (Å²) in [7, 11) is 0. The molecule has 1 aromatic carbocycles. The summed E-state index contributed by atoms with van der Waals surface area (Å²) in [6.45, 7) is 7.07. The number of halogens is 1. The van der Waals surface area contributed by atoms with Crippen LogP contribution in [0.25, 0.3) is 0 Å². The molecule has 1 aliphatic rings. The van der Waals surface area contributed by atoms with Gasteiger partial charge in [-0.05, 0) is 62.0 Å². The van der Waals surface area contributed by atoms with Crippen molar-refractivity contribution in [2.45, 2.75) is 45.6 Å². The van der Waals surface area contributed by atoms with Gasteiger partial charge in [0.15, 0.2) is 0 Å². The van der Waals surface area contributed by atoms with E-state index in [0.29, 0.717) is 6.54 Å². The van der Waals surface area contributed by atoms with Crippen molar-refractivity contribution in [1.82, 2.24) is 4.90 Å². The van der Waals surface area contributed by atoms with Crippen molar-refractivity contribution < 1.29 is 4.39 Å². The Balaban J connectivity index is 2.05. The van der Waals surface area contributed by atoms with E-state index in [1.165, 1.54) is 31.2 Å². The Bertz CT molecular complexity index is 425. The third-order valence-electron chi connectivity index (χ3n) is 4.60. The summed E-state index contributed by atoms with van der Waals surface area (Å²) < 4.78 is 13.2. The predicted molar refractivity (Wildman–Crippen MR) is 82.1 cm³/mol. The van der Waals surface area contributed by atoms with Crippen molar-refractivity contribution in [2.75, 3.05) is 19.6 Å². The topological polar surface area (TPSA) is 29.3 Å². The van der Waals surface area contributed by atoms with Crippen molar-refractivity contribution in [3.05, 3.63) is 35.1 Å². The van der Waals surface area contributed by atoms with Crippen LogP contribution in [0.3, 0.4) is 0 Å². The molecule has 1 fully saturated rings. The molecule has 0 spiro atoms. The average Bonchev–Trinajstić information content (AvgIpc) is 2.44. The first-order valence-electron chi connectivity index (χ1n) is 7.85. The van der Waals surface area contributed by atoms with Gasteiger partial charge in [-0.25, -0.2) is 4.39 Å². The minimum absolute atomic E-state index is 0.163. The highest BCUT2D eigenvalue weighted by molar-refractivity contribution is 5.30. The number of piperidine rings is 1. The van der Waals surface area contributed by atoms with Gasteiger partial charge in [-0.2, -0.15) is 0 Å². The molecule has 0 aromatic heterocycles. The molecule has 2 rings (SSSR count). The molecule has 3 heteroatoms. The van der Waals surface area contributed by atoms with Crippen molar-refractivity contribution in [1.29, 1.82) is 0 Å². The van der Waals surface area contributed by atoms with Crippen LogP contribution in [0.5, 0.6) is 0 Å². The van der Waals surface area contributed by atoms with E-state index >= 15 is 0 Å². The third-order valence-corrected chi connectivity index (χ3v) is 4.60. The largest absolute Gasteiger partial charge is 0.329 e. The van der Waals surface area contributed by atoms with Gasteiger partial charge in [0.1, 0.15) is 5.82 Å². The highest BCUT2D eigenvalue weighted by atomic mass is 19.1. The van der Waals surface area contributed by atoms with Crippen molar-refractivity contribution >= 4 is 0 Å². The Morgan fingerprint density at radius 2 is 2.05 bits per heavy atom. The Kier molecular flexibility index (Phi) is 5.55. The second kappa shape index (κ2) is 7.19. The SMILES string of the molecule is CCCC1CCN(C(CN)c2ccc(F)cc2C)CC1. The van der Waals surface area contributed by atoms with Gasteiger partial charge in [-0.1, -0.05) is 25.8 Å². The Labute approximate surface area is 122 Å². The van der Waals surface area contributed by atoms with Gasteiger partial charge < -0.3 is 5.73 Å². The van der Waals surface area contributed by atoms with Crippen molar-refractivity contribution in [3.8, 4) is 0 Å². The number of likely N-dealkylation sites (tertiary alicyclic amines) is 1. The van der Waals surface area contributed by atoms with Crippen LogP contribution in [0.15, 0.2) is 18.2 Å². The highest BCUT2D eigenvalue weighted by Gasteiger charge is 2.25. The maximum atomic E-state index is 13.2. The number of hydrogen-bond acceptors (Lipinski definition) is 2. The quantitative estimate of drug-likeness (QED) is 0.891. The molecule has 1 saturated heterocycles. The summed E-state index contributed by atoms with van der Waals surface area (Å²) in [5, 5.41) is 0. The molecular weight excluding hydrogens is 251 g/mol. The normalized spacial score (nSPS) is 19.2. The standard InChI is InChI=1S/C17H27FN2/c1-3-4-14-7-9-20(10-8-14)17(12-19)16-6-5-15(18)11-13(16)2/h5-6,11,14,17H,3-4,7-10,12,19H2,1-2H3. The van der Waals surface area contributed by atoms with Gasteiger partial charge in [0.25, 0.3) is 0 Å². The molecule has 1 atom stereocenters. The van der Waals surface area contributed by atoms with E-state index in [-0.39, 0.29) is 11.9 Å². The molecule has 2 nitrogen and oxygen atoms in total. The van der Waals surface area contributed by atoms with Gasteiger partial charge in [0, 0.05) is 12.6 Å². The smallest absolute Gasteiger partial charge is 0.123 e. The van der Waals surface area contributed by atoms with Gasteiger partial charge >= 0.3 is 0 Å². The van der Waals surface area contributed by atoms with Crippen LogP contribution in [-0.2, 0) is 0 Å². The lowest BCUT2D eigenvalue weighted by Gasteiger charge is -2.38. The second-order valence-electron chi connectivity index (χ2n) is 6.02. The molecule has 0 amide bonds. The van der Waals surface area contributed by atoms with Gasteiger partial charge in [-0.15, -0.1) is 0 Å². The zero-order valence-electron chi connectivity index (χ0n) is 12.7. The number of nitrogens with two attached hydrogens (primary N) is 1. The van der Waals surface area contributed by atoms with Crippen LogP contribution in [0.4, 0.5) is 4.39 Å². The molecule has 1 heterocycles. The number of hydrogen-bond donors (Lipinski definition) is 1. The molecular formula is C17H27FN2. The predicted octanol–water partition coefficient (Wildman–Crippen LogP) is 3.65. The average molecular weight is 278 g/mol. The number of nitrogens with zero attached hydrogens (tertiary/aromatic N) is 1. The maximum Gasteiger partial charge on any atom is 0.123 e. The molecule has 2 N–H and O–H groups in total. The number of rotatable bonds is 5. The van der Waals surface area contributed by atoms with E-state index in [1.807, 2.05) is 13.0 Å². The molecule has 1 unspecified atom stereocenters. The van der Waals surface area contributed by atoms with E-state index < -0.39 is 0 Å². The molecule has 1 aliphatic heterocycles. The molecule has 0 aliphatic carbocycles. The van der Waals surface area contributed by atoms with Gasteiger partial charge in [-0.3, -0.25) is 4.90 Å². The molecule has 0 bridgehead atoms. The molecule has 0 saturated carbocycles. The first kappa shape index (κ1) is 15.5. The monoisotopic (exact) mass is 278 g/mol. The maximum absolute atomic E-state index is 13.2. The van der Waals surface area contributed by atoms with Crippen LogP contribution in [0.2, 0.25) is 0 Å². The van der Waals surface area contributed by atoms with Crippen LogP contribution < -0.4 is 5.73 Å². The lowest BCUT2D eigenvalue weighted by atomic mass is 9.90. The van der Waals surface area contributed by atoms with Crippen LogP contribution in [0, 0.1) is 18.7 Å². The van der Waals surface area contributed by atoms with E-state index in [2.05, 4.69) is 11.8 Å². The van der Waals surface area contributed by atoms with Crippen molar-refractivity contribution in [3.63, 3.8) is 0 Å². The minimum atomic E-state index is -0.163. The molecule has 20 heavy (non-hydrogen) atoms. The highest BCUT2D eigenvalue weighted by Crippen LogP contribution is 2.29. The third kappa shape index (κ3) is 3.58. The molecule has 1 aromatic rings. The summed E-state index contributed by atoms with van der Waals surface area (Å²) >= 11 is 0. The summed E-state index contributed by atoms with van der Waals surface area (Å²) in [4.78, 5) is 2.48. The molecule has 0 radical (unpaired) electrons. The zero-order chi connectivity index (χ0) is 14.5. The lowest BCUT2D eigenvalue weighted by Crippen LogP contribution is -2.40. The summed E-state index contributed by atoms with van der Waals surface area (Å²) in [6.07, 6.45) is 5.16. The van der Waals surface area contributed by atoms with Crippen LogP contribution >= 0.6 is 0 Å². The lowest BCUT2D eigenvalue weighted by molar-refractivity contribution is 0.131. The Morgan fingerprint density at radius 1 is 1.35 bits per heavy atom. The summed E-state index contributed by atoms with van der Waals surface area (Å²) in [6, 6.07) is 5.30. The van der Waals surface area contributed by atoms with Gasteiger partial charge in [0.2, 0.25) is 0 Å². The molecule has 112 valence electrons. The van der Waals surface area contributed by atoms with E-state index in [9.17, 15) is 4.39 Å². The number of aryl methyl sites for hydroxylation is 1. The zero-order valence-corrected chi connectivity index (χ0v) is 12.7. The fourth-order valence-electron chi connectivity index (χ4n) is 3.45. The van der Waals surface area contributed by atoms with E-state index in [0.717, 1.165) is 24.6 Å². The van der Waals surface area contributed by atoms with Gasteiger partial charge in [0.05, 0.1) is 0 Å². The van der Waals surface area contributed by atoms with Crippen LogP contribution in [0.1, 0.15) is 49.8 Å².